The van der Waals surface area contributed by atoms with E-state index in [-0.39, 0.29) is 17.2 Å². The van der Waals surface area contributed by atoms with Gasteiger partial charge in [-0.1, -0.05) is 59.9 Å². The molecule has 1 aliphatic carbocycles. The summed E-state index contributed by atoms with van der Waals surface area (Å²) >= 11 is 1.24. The SMILES string of the molecule is O=C1CCCC2=C1C(c1ccccc1)n1c(s/c(=C/c3ccccc3F)c1=O)=N2. The van der Waals surface area contributed by atoms with Crippen molar-refractivity contribution in [3.8, 4) is 0 Å². The molecular weight excluding hydrogens is 387 g/mol. The summed E-state index contributed by atoms with van der Waals surface area (Å²) in [4.78, 5) is 31.3. The third-order valence-corrected chi connectivity index (χ3v) is 6.32. The normalized spacial score (nSPS) is 19.0. The van der Waals surface area contributed by atoms with Gasteiger partial charge in [-0.15, -0.1) is 0 Å². The minimum Gasteiger partial charge on any atom is -0.294 e. The van der Waals surface area contributed by atoms with E-state index in [0.29, 0.717) is 26.9 Å². The molecule has 1 atom stereocenters. The molecule has 6 heteroatoms. The Morgan fingerprint density at radius 3 is 2.59 bits per heavy atom. The quantitative estimate of drug-likeness (QED) is 0.659. The number of fused-ring (bicyclic) bond motifs is 1. The van der Waals surface area contributed by atoms with Gasteiger partial charge >= 0.3 is 0 Å². The van der Waals surface area contributed by atoms with Gasteiger partial charge in [0, 0.05) is 17.6 Å². The van der Waals surface area contributed by atoms with Gasteiger partial charge in [0.25, 0.3) is 5.56 Å². The van der Waals surface area contributed by atoms with E-state index in [0.717, 1.165) is 24.1 Å². The largest absolute Gasteiger partial charge is 0.294 e. The Bertz CT molecular complexity index is 1340. The zero-order chi connectivity index (χ0) is 20.0. The van der Waals surface area contributed by atoms with Crippen LogP contribution in [0.4, 0.5) is 4.39 Å². The lowest BCUT2D eigenvalue weighted by atomic mass is 9.86. The first kappa shape index (κ1) is 17.9. The van der Waals surface area contributed by atoms with Crippen LogP contribution in [0, 0.1) is 5.82 Å². The molecule has 0 radical (unpaired) electrons. The van der Waals surface area contributed by atoms with Crippen LogP contribution >= 0.6 is 11.3 Å². The summed E-state index contributed by atoms with van der Waals surface area (Å²) in [6.07, 6.45) is 3.53. The van der Waals surface area contributed by atoms with Crippen molar-refractivity contribution in [1.82, 2.24) is 4.57 Å². The summed E-state index contributed by atoms with van der Waals surface area (Å²) in [5.41, 5.74) is 2.37. The summed E-state index contributed by atoms with van der Waals surface area (Å²) in [5.74, 6) is -0.334. The van der Waals surface area contributed by atoms with Gasteiger partial charge in [-0.25, -0.2) is 9.38 Å². The number of ketones is 1. The molecule has 5 rings (SSSR count). The molecule has 4 nitrogen and oxygen atoms in total. The number of carbonyl (C=O) groups excluding carboxylic acids is 1. The first-order chi connectivity index (χ1) is 14.1. The zero-order valence-corrected chi connectivity index (χ0v) is 16.3. The first-order valence-corrected chi connectivity index (χ1v) is 10.3. The van der Waals surface area contributed by atoms with E-state index in [1.807, 2.05) is 30.3 Å². The molecule has 1 unspecified atom stereocenters. The Hall–Kier alpha value is -3.12. The van der Waals surface area contributed by atoms with Gasteiger partial charge in [-0.2, -0.15) is 0 Å². The number of hydrogen-bond donors (Lipinski definition) is 0. The predicted molar refractivity (Wildman–Crippen MR) is 110 cm³/mol. The molecule has 0 fully saturated rings. The van der Waals surface area contributed by atoms with Gasteiger partial charge in [0.2, 0.25) is 0 Å². The Morgan fingerprint density at radius 1 is 1.03 bits per heavy atom. The minimum atomic E-state index is -0.488. The number of halogens is 1. The van der Waals surface area contributed by atoms with Crippen LogP contribution < -0.4 is 14.9 Å². The number of Topliss-reactive ketones (excluding diaryl/α,β-unsaturated/α-hetero) is 1. The first-order valence-electron chi connectivity index (χ1n) is 9.51. The molecule has 0 N–H and O–H groups in total. The van der Waals surface area contributed by atoms with Crippen molar-refractivity contribution in [3.63, 3.8) is 0 Å². The predicted octanol–water partition coefficient (Wildman–Crippen LogP) is 3.11. The highest BCUT2D eigenvalue weighted by atomic mass is 32.1. The number of rotatable bonds is 2. The van der Waals surface area contributed by atoms with Crippen molar-refractivity contribution in [2.24, 2.45) is 4.99 Å². The van der Waals surface area contributed by atoms with E-state index < -0.39 is 6.04 Å². The van der Waals surface area contributed by atoms with E-state index in [4.69, 9.17) is 0 Å². The molecular formula is C23H17FN2O2S. The lowest BCUT2D eigenvalue weighted by molar-refractivity contribution is -0.116. The monoisotopic (exact) mass is 404 g/mol. The lowest BCUT2D eigenvalue weighted by Crippen LogP contribution is -2.40. The van der Waals surface area contributed by atoms with Gasteiger partial charge in [0.05, 0.1) is 16.3 Å². The third kappa shape index (κ3) is 3.00. The van der Waals surface area contributed by atoms with Crippen LogP contribution in [0.5, 0.6) is 0 Å². The smallest absolute Gasteiger partial charge is 0.271 e. The lowest BCUT2D eigenvalue weighted by Gasteiger charge is -2.28. The Balaban J connectivity index is 1.79. The van der Waals surface area contributed by atoms with Crippen LogP contribution in [0.3, 0.4) is 0 Å². The Morgan fingerprint density at radius 2 is 1.79 bits per heavy atom. The van der Waals surface area contributed by atoms with Crippen molar-refractivity contribution in [3.05, 3.63) is 102 Å². The molecule has 2 aromatic carbocycles. The highest BCUT2D eigenvalue weighted by Gasteiger charge is 2.34. The van der Waals surface area contributed by atoms with Crippen molar-refractivity contribution in [2.75, 3.05) is 0 Å². The molecule has 144 valence electrons. The second-order valence-electron chi connectivity index (χ2n) is 7.15. The van der Waals surface area contributed by atoms with E-state index in [1.54, 1.807) is 28.8 Å². The number of benzene rings is 2. The average Bonchev–Trinajstić information content (AvgIpc) is 3.04. The van der Waals surface area contributed by atoms with Crippen LogP contribution in [0.25, 0.3) is 6.08 Å². The van der Waals surface area contributed by atoms with E-state index >= 15 is 0 Å². The highest BCUT2D eigenvalue weighted by Crippen LogP contribution is 2.35. The number of aromatic nitrogens is 1. The third-order valence-electron chi connectivity index (χ3n) is 5.34. The van der Waals surface area contributed by atoms with Crippen LogP contribution in [0.2, 0.25) is 0 Å². The molecule has 2 aliphatic rings. The second kappa shape index (κ2) is 7.04. The van der Waals surface area contributed by atoms with Gasteiger partial charge in [-0.05, 0) is 30.5 Å². The fourth-order valence-corrected chi connectivity index (χ4v) is 5.01. The van der Waals surface area contributed by atoms with Crippen molar-refractivity contribution in [1.29, 1.82) is 0 Å². The number of hydrogen-bond acceptors (Lipinski definition) is 4. The molecule has 0 saturated heterocycles. The molecule has 3 aromatic rings. The van der Waals surface area contributed by atoms with E-state index in [1.165, 1.54) is 17.4 Å². The van der Waals surface area contributed by atoms with Crippen LogP contribution in [-0.4, -0.2) is 10.4 Å². The van der Waals surface area contributed by atoms with Gasteiger partial charge in [0.15, 0.2) is 10.6 Å². The van der Waals surface area contributed by atoms with Gasteiger partial charge < -0.3 is 0 Å². The summed E-state index contributed by atoms with van der Waals surface area (Å²) in [7, 11) is 0. The van der Waals surface area contributed by atoms with Crippen molar-refractivity contribution >= 4 is 23.2 Å². The van der Waals surface area contributed by atoms with Gasteiger partial charge in [0.1, 0.15) is 5.82 Å². The maximum absolute atomic E-state index is 14.1. The van der Waals surface area contributed by atoms with E-state index in [2.05, 4.69) is 4.99 Å². The number of carbonyl (C=O) groups is 1. The average molecular weight is 404 g/mol. The van der Waals surface area contributed by atoms with Crippen LogP contribution in [-0.2, 0) is 4.79 Å². The maximum Gasteiger partial charge on any atom is 0.271 e. The number of allylic oxidation sites excluding steroid dienone is 2. The van der Waals surface area contributed by atoms with Crippen LogP contribution in [0.1, 0.15) is 36.4 Å². The van der Waals surface area contributed by atoms with Crippen LogP contribution in [0.15, 0.2) is 75.7 Å². The second-order valence-corrected chi connectivity index (χ2v) is 8.16. The molecule has 0 saturated carbocycles. The molecule has 1 aliphatic heterocycles. The van der Waals surface area contributed by atoms with E-state index in [9.17, 15) is 14.0 Å². The number of thiazole rings is 1. The molecule has 29 heavy (non-hydrogen) atoms. The highest BCUT2D eigenvalue weighted by molar-refractivity contribution is 7.07. The fourth-order valence-electron chi connectivity index (χ4n) is 3.99. The topological polar surface area (TPSA) is 51.4 Å². The summed E-state index contributed by atoms with van der Waals surface area (Å²) in [6, 6.07) is 15.4. The summed E-state index contributed by atoms with van der Waals surface area (Å²) in [5, 5.41) is 0. The Labute approximate surface area is 170 Å². The molecule has 2 heterocycles. The standard InChI is InChI=1S/C23H17FN2O2S/c24-16-10-5-4-9-15(16)13-19-22(28)26-21(14-7-2-1-3-8-14)20-17(25-23(26)29-19)11-6-12-18(20)27/h1-5,7-10,13,21H,6,11-12H2/b19-13+. The molecule has 0 spiro atoms. The molecule has 0 amide bonds. The molecule has 0 bridgehead atoms. The summed E-state index contributed by atoms with van der Waals surface area (Å²) < 4.78 is 16.1. The maximum atomic E-state index is 14.1. The van der Waals surface area contributed by atoms with Gasteiger partial charge in [-0.3, -0.25) is 14.2 Å². The number of nitrogens with zero attached hydrogens (tertiary/aromatic N) is 2. The van der Waals surface area contributed by atoms with Crippen molar-refractivity contribution in [2.45, 2.75) is 25.3 Å². The minimum absolute atomic E-state index is 0.0484. The zero-order valence-electron chi connectivity index (χ0n) is 15.5. The summed E-state index contributed by atoms with van der Waals surface area (Å²) in [6.45, 7) is 0. The fraction of sp³-hybridized carbons (Fsp3) is 0.174. The van der Waals surface area contributed by atoms with Crippen molar-refractivity contribution < 1.29 is 9.18 Å². The molecule has 1 aromatic heterocycles. The Kier molecular flexibility index (Phi) is 4.36.